The molecule has 27 heavy (non-hydrogen) atoms. The second kappa shape index (κ2) is 7.43. The smallest absolute Gasteiger partial charge is 0.436 e. The van der Waals surface area contributed by atoms with Gasteiger partial charge in [-0.2, -0.15) is 17.6 Å². The summed E-state index contributed by atoms with van der Waals surface area (Å²) in [6.07, 6.45) is -5.87. The first-order chi connectivity index (χ1) is 12.3. The molecule has 0 aliphatic carbocycles. The third kappa shape index (κ3) is 4.22. The van der Waals surface area contributed by atoms with E-state index in [4.69, 9.17) is 27.9 Å². The van der Waals surface area contributed by atoms with Crippen molar-refractivity contribution in [2.24, 2.45) is 0 Å². The average molecular weight is 431 g/mol. The molecule has 2 rings (SSSR count). The summed E-state index contributed by atoms with van der Waals surface area (Å²) in [6, 6.07) is 1.30. The van der Waals surface area contributed by atoms with Gasteiger partial charge in [0.1, 0.15) is 5.82 Å². The van der Waals surface area contributed by atoms with Crippen molar-refractivity contribution in [1.82, 2.24) is 9.55 Å². The highest BCUT2D eigenvalue weighted by atomic mass is 35.5. The third-order valence-electron chi connectivity index (χ3n) is 3.10. The van der Waals surface area contributed by atoms with Gasteiger partial charge in [-0.3, -0.25) is 4.79 Å². The van der Waals surface area contributed by atoms with Crippen molar-refractivity contribution in [1.29, 1.82) is 0 Å². The Kier molecular flexibility index (Phi) is 5.81. The molecule has 0 amide bonds. The fraction of sp³-hybridized carbons (Fsp3) is 0.267. The van der Waals surface area contributed by atoms with Gasteiger partial charge in [0.2, 0.25) is 11.1 Å². The molecule has 0 unspecified atom stereocenters. The molecule has 0 N–H and O–H groups in total. The highest BCUT2D eigenvalue weighted by Crippen LogP contribution is 2.31. The molecule has 5 nitrogen and oxygen atoms in total. The molecule has 0 saturated carbocycles. The summed E-state index contributed by atoms with van der Waals surface area (Å²) in [5.74, 6) is -4.54. The molecule has 1 aromatic carbocycles. The molecule has 0 aliphatic heterocycles. The van der Waals surface area contributed by atoms with Gasteiger partial charge < -0.3 is 4.74 Å². The zero-order valence-corrected chi connectivity index (χ0v) is 15.0. The van der Waals surface area contributed by atoms with Crippen LogP contribution in [-0.4, -0.2) is 21.6 Å². The lowest BCUT2D eigenvalue weighted by Gasteiger charge is -2.15. The van der Waals surface area contributed by atoms with E-state index in [0.29, 0.717) is 12.1 Å². The fourth-order valence-corrected chi connectivity index (χ4v) is 2.49. The SMILES string of the molecule is CC(C)OC(=O)c1cc(-n2c(Cl)nc(C(F)(F)F)c(F)c2=O)c(F)cc1Cl. The van der Waals surface area contributed by atoms with Crippen molar-refractivity contribution in [3.8, 4) is 5.69 Å². The van der Waals surface area contributed by atoms with Crippen LogP contribution in [0.3, 0.4) is 0 Å². The molecule has 1 aromatic heterocycles. The van der Waals surface area contributed by atoms with Crippen LogP contribution in [0, 0.1) is 11.6 Å². The number of nitrogens with zero attached hydrogens (tertiary/aromatic N) is 2. The van der Waals surface area contributed by atoms with E-state index in [0.717, 1.165) is 0 Å². The van der Waals surface area contributed by atoms with E-state index in [9.17, 15) is 31.5 Å². The van der Waals surface area contributed by atoms with Crippen LogP contribution in [0.4, 0.5) is 22.0 Å². The molecule has 2 aromatic rings. The first-order valence-corrected chi connectivity index (χ1v) is 7.85. The minimum atomic E-state index is -5.29. The lowest BCUT2D eigenvalue weighted by atomic mass is 10.2. The van der Waals surface area contributed by atoms with Gasteiger partial charge in [-0.15, -0.1) is 0 Å². The van der Waals surface area contributed by atoms with Gasteiger partial charge in [-0.05, 0) is 37.6 Å². The summed E-state index contributed by atoms with van der Waals surface area (Å²) in [7, 11) is 0. The van der Waals surface area contributed by atoms with E-state index in [-0.39, 0.29) is 4.57 Å². The molecule has 0 fully saturated rings. The summed E-state index contributed by atoms with van der Waals surface area (Å²) >= 11 is 11.3. The maximum atomic E-state index is 14.2. The van der Waals surface area contributed by atoms with E-state index in [1.165, 1.54) is 13.8 Å². The number of hydrogen-bond donors (Lipinski definition) is 0. The van der Waals surface area contributed by atoms with Crippen LogP contribution in [0.15, 0.2) is 16.9 Å². The minimum Gasteiger partial charge on any atom is -0.459 e. The van der Waals surface area contributed by atoms with Crippen LogP contribution in [0.2, 0.25) is 10.3 Å². The predicted molar refractivity (Wildman–Crippen MR) is 85.3 cm³/mol. The van der Waals surface area contributed by atoms with E-state index in [2.05, 4.69) is 4.98 Å². The number of carbonyl (C=O) groups excluding carboxylic acids is 1. The fourth-order valence-electron chi connectivity index (χ4n) is 2.01. The Morgan fingerprint density at radius 2 is 1.81 bits per heavy atom. The molecule has 146 valence electrons. The number of rotatable bonds is 3. The average Bonchev–Trinajstić information content (AvgIpc) is 2.50. The minimum absolute atomic E-state index is 0.0456. The Labute approximate surface area is 158 Å². The molecule has 0 spiro atoms. The molecule has 12 heteroatoms. The summed E-state index contributed by atoms with van der Waals surface area (Å²) in [5, 5.41) is -1.57. The van der Waals surface area contributed by atoms with E-state index >= 15 is 0 Å². The van der Waals surface area contributed by atoms with Gasteiger partial charge in [-0.1, -0.05) is 11.6 Å². The van der Waals surface area contributed by atoms with Crippen molar-refractivity contribution in [3.63, 3.8) is 0 Å². The number of hydrogen-bond acceptors (Lipinski definition) is 4. The number of aromatic nitrogens is 2. The van der Waals surface area contributed by atoms with Gasteiger partial charge in [0.25, 0.3) is 5.56 Å². The summed E-state index contributed by atoms with van der Waals surface area (Å²) in [6.45, 7) is 3.04. The van der Waals surface area contributed by atoms with Gasteiger partial charge in [0.05, 0.1) is 22.4 Å². The van der Waals surface area contributed by atoms with Crippen molar-refractivity contribution >= 4 is 29.2 Å². The number of carbonyl (C=O) groups is 1. The lowest BCUT2D eigenvalue weighted by molar-refractivity contribution is -0.144. The van der Waals surface area contributed by atoms with Crippen LogP contribution in [0.5, 0.6) is 0 Å². The molecular formula is C15H9Cl2F5N2O3. The second-order valence-electron chi connectivity index (χ2n) is 5.42. The Hall–Kier alpha value is -2.20. The van der Waals surface area contributed by atoms with Crippen LogP contribution >= 0.6 is 23.2 Å². The number of esters is 1. The monoisotopic (exact) mass is 430 g/mol. The van der Waals surface area contributed by atoms with Crippen molar-refractivity contribution in [2.75, 3.05) is 0 Å². The maximum Gasteiger partial charge on any atom is 0.436 e. The molecular weight excluding hydrogens is 422 g/mol. The number of halogens is 7. The molecule has 0 atom stereocenters. The van der Waals surface area contributed by atoms with Gasteiger partial charge in [-0.25, -0.2) is 18.7 Å². The van der Waals surface area contributed by atoms with E-state index < -0.39 is 62.7 Å². The number of alkyl halides is 3. The van der Waals surface area contributed by atoms with Gasteiger partial charge in [0, 0.05) is 0 Å². The van der Waals surface area contributed by atoms with Crippen LogP contribution in [-0.2, 0) is 10.9 Å². The van der Waals surface area contributed by atoms with Crippen LogP contribution in [0.1, 0.15) is 29.9 Å². The summed E-state index contributed by atoms with van der Waals surface area (Å²) in [4.78, 5) is 26.8. The molecule has 1 heterocycles. The second-order valence-corrected chi connectivity index (χ2v) is 6.16. The topological polar surface area (TPSA) is 61.2 Å². The van der Waals surface area contributed by atoms with E-state index in [1.54, 1.807) is 0 Å². The highest BCUT2D eigenvalue weighted by Gasteiger charge is 2.39. The largest absolute Gasteiger partial charge is 0.459 e. The first-order valence-electron chi connectivity index (χ1n) is 7.10. The Morgan fingerprint density at radius 3 is 2.33 bits per heavy atom. The first kappa shape index (κ1) is 21.1. The summed E-state index contributed by atoms with van der Waals surface area (Å²) in [5.41, 5.74) is -5.30. The van der Waals surface area contributed by atoms with Crippen molar-refractivity contribution in [2.45, 2.75) is 26.1 Å². The predicted octanol–water partition coefficient (Wildman–Crippen LogP) is 4.40. The van der Waals surface area contributed by atoms with Crippen LogP contribution < -0.4 is 5.56 Å². The van der Waals surface area contributed by atoms with Crippen molar-refractivity contribution < 1.29 is 31.5 Å². The highest BCUT2D eigenvalue weighted by molar-refractivity contribution is 6.33. The Balaban J connectivity index is 2.74. The van der Waals surface area contributed by atoms with Gasteiger partial charge in [0.15, 0.2) is 5.69 Å². The van der Waals surface area contributed by atoms with Crippen LogP contribution in [0.25, 0.3) is 5.69 Å². The Morgan fingerprint density at radius 1 is 1.22 bits per heavy atom. The maximum absolute atomic E-state index is 14.2. The normalized spacial score (nSPS) is 11.8. The Bertz CT molecular complexity index is 973. The zero-order valence-electron chi connectivity index (χ0n) is 13.5. The van der Waals surface area contributed by atoms with Crippen molar-refractivity contribution in [3.05, 3.63) is 55.7 Å². The molecule has 0 bridgehead atoms. The third-order valence-corrected chi connectivity index (χ3v) is 3.66. The molecule has 0 radical (unpaired) electrons. The quantitative estimate of drug-likeness (QED) is 0.411. The molecule has 0 aliphatic rings. The number of benzene rings is 1. The van der Waals surface area contributed by atoms with E-state index in [1.807, 2.05) is 0 Å². The van der Waals surface area contributed by atoms with Gasteiger partial charge >= 0.3 is 12.1 Å². The standard InChI is InChI=1S/C15H9Cl2F5N2O3/c1-5(2)27-13(26)6-3-9(8(18)4-7(6)16)24-12(25)10(19)11(15(20,21)22)23-14(24)17/h3-5H,1-2H3. The molecule has 0 saturated heterocycles. The number of ether oxygens (including phenoxy) is 1. The zero-order chi connectivity index (χ0) is 20.7. The lowest BCUT2D eigenvalue weighted by Crippen LogP contribution is -2.29. The summed E-state index contributed by atoms with van der Waals surface area (Å²) < 4.78 is 71.1.